The van der Waals surface area contributed by atoms with E-state index in [-0.39, 0.29) is 0 Å². The van der Waals surface area contributed by atoms with Crippen LogP contribution in [0, 0.1) is 5.92 Å². The van der Waals surface area contributed by atoms with Gasteiger partial charge in [-0.05, 0) is 18.8 Å². The van der Waals surface area contributed by atoms with Crippen LogP contribution in [0.3, 0.4) is 0 Å². The van der Waals surface area contributed by atoms with Crippen molar-refractivity contribution in [1.29, 1.82) is 0 Å². The quantitative estimate of drug-likeness (QED) is 0.728. The summed E-state index contributed by atoms with van der Waals surface area (Å²) in [4.78, 5) is 8.35. The van der Waals surface area contributed by atoms with Gasteiger partial charge in [0.1, 0.15) is 0 Å². The Hall–Kier alpha value is -1.03. The molecule has 0 aliphatic heterocycles. The highest BCUT2D eigenvalue weighted by Crippen LogP contribution is 2.14. The van der Waals surface area contributed by atoms with Gasteiger partial charge in [0.2, 0.25) is 11.8 Å². The lowest BCUT2D eigenvalue weighted by Crippen LogP contribution is -2.16. The van der Waals surface area contributed by atoms with Crippen LogP contribution in [0.1, 0.15) is 26.2 Å². The molecule has 17 heavy (non-hydrogen) atoms. The van der Waals surface area contributed by atoms with Gasteiger partial charge in [0.15, 0.2) is 0 Å². The molecule has 1 unspecified atom stereocenters. The maximum absolute atomic E-state index is 5.78. The lowest BCUT2D eigenvalue weighted by molar-refractivity contribution is 0.397. The summed E-state index contributed by atoms with van der Waals surface area (Å²) in [5.41, 5.74) is 0. The van der Waals surface area contributed by atoms with Crippen molar-refractivity contribution in [2.45, 2.75) is 26.2 Å². The van der Waals surface area contributed by atoms with Crippen molar-refractivity contribution in [3.8, 4) is 5.88 Å². The highest BCUT2D eigenvalue weighted by atomic mass is 35.5. The normalized spacial score (nSPS) is 12.2. The van der Waals surface area contributed by atoms with Crippen LogP contribution in [0.15, 0.2) is 12.3 Å². The number of hydrogen-bond acceptors (Lipinski definition) is 4. The number of halogens is 1. The molecule has 0 aliphatic rings. The zero-order valence-electron chi connectivity index (χ0n) is 10.4. The van der Waals surface area contributed by atoms with Crippen LogP contribution in [0.25, 0.3) is 0 Å². The summed E-state index contributed by atoms with van der Waals surface area (Å²) in [7, 11) is 1.60. The lowest BCUT2D eigenvalue weighted by atomic mass is 10.0. The van der Waals surface area contributed by atoms with E-state index in [1.165, 1.54) is 12.8 Å². The van der Waals surface area contributed by atoms with Crippen LogP contribution in [0.5, 0.6) is 5.88 Å². The second-order valence-corrected chi connectivity index (χ2v) is 4.31. The van der Waals surface area contributed by atoms with Crippen LogP contribution in [0.2, 0.25) is 0 Å². The number of rotatable bonds is 8. The molecule has 0 radical (unpaired) electrons. The maximum atomic E-state index is 5.78. The number of methoxy groups -OCH3 is 1. The molecular weight excluding hydrogens is 238 g/mol. The van der Waals surface area contributed by atoms with Gasteiger partial charge in [-0.2, -0.15) is 4.98 Å². The Morgan fingerprint density at radius 2 is 2.29 bits per heavy atom. The zero-order chi connectivity index (χ0) is 12.5. The number of nitrogens with zero attached hydrogens (tertiary/aromatic N) is 2. The Morgan fingerprint density at radius 1 is 1.47 bits per heavy atom. The average Bonchev–Trinajstić information content (AvgIpc) is 2.37. The SMILES string of the molecule is CCCC(CCCl)CNc1nccc(OC)n1. The van der Waals surface area contributed by atoms with E-state index in [4.69, 9.17) is 16.3 Å². The van der Waals surface area contributed by atoms with Gasteiger partial charge in [0, 0.05) is 24.7 Å². The fourth-order valence-electron chi connectivity index (χ4n) is 1.69. The lowest BCUT2D eigenvalue weighted by Gasteiger charge is -2.15. The molecule has 0 saturated heterocycles. The zero-order valence-corrected chi connectivity index (χ0v) is 11.2. The van der Waals surface area contributed by atoms with Crippen LogP contribution in [-0.2, 0) is 0 Å². The minimum Gasteiger partial charge on any atom is -0.481 e. The summed E-state index contributed by atoms with van der Waals surface area (Å²) in [6.45, 7) is 3.04. The molecule has 96 valence electrons. The molecule has 0 amide bonds. The van der Waals surface area contributed by atoms with E-state index < -0.39 is 0 Å². The molecule has 1 rings (SSSR count). The van der Waals surface area contributed by atoms with E-state index in [2.05, 4.69) is 22.2 Å². The standard InChI is InChI=1S/C12H20ClN3O/c1-3-4-10(5-7-13)9-15-12-14-8-6-11(16-12)17-2/h6,8,10H,3-5,7,9H2,1-2H3,(H,14,15,16). The first-order valence-electron chi connectivity index (χ1n) is 5.97. The molecule has 5 heteroatoms. The van der Waals surface area contributed by atoms with E-state index in [0.29, 0.717) is 23.6 Å². The Morgan fingerprint density at radius 3 is 2.94 bits per heavy atom. The predicted molar refractivity (Wildman–Crippen MR) is 70.8 cm³/mol. The van der Waals surface area contributed by atoms with Crippen molar-refractivity contribution in [2.24, 2.45) is 5.92 Å². The number of aromatic nitrogens is 2. The summed E-state index contributed by atoms with van der Waals surface area (Å²) in [6, 6.07) is 1.73. The fraction of sp³-hybridized carbons (Fsp3) is 0.667. The smallest absolute Gasteiger partial charge is 0.225 e. The third-order valence-corrected chi connectivity index (χ3v) is 2.82. The van der Waals surface area contributed by atoms with E-state index in [1.807, 2.05) is 0 Å². The summed E-state index contributed by atoms with van der Waals surface area (Å²) in [6.07, 6.45) is 5.04. The molecule has 0 saturated carbocycles. The van der Waals surface area contributed by atoms with Gasteiger partial charge in [-0.25, -0.2) is 4.98 Å². The first-order chi connectivity index (χ1) is 8.30. The summed E-state index contributed by atoms with van der Waals surface area (Å²) in [5.74, 6) is 2.46. The second-order valence-electron chi connectivity index (χ2n) is 3.94. The molecule has 4 nitrogen and oxygen atoms in total. The van der Waals surface area contributed by atoms with Crippen molar-refractivity contribution in [3.05, 3.63) is 12.3 Å². The van der Waals surface area contributed by atoms with Crippen molar-refractivity contribution in [1.82, 2.24) is 9.97 Å². The van der Waals surface area contributed by atoms with Gasteiger partial charge in [0.05, 0.1) is 7.11 Å². The van der Waals surface area contributed by atoms with Gasteiger partial charge < -0.3 is 10.1 Å². The first kappa shape index (κ1) is 14.0. The highest BCUT2D eigenvalue weighted by molar-refractivity contribution is 6.17. The monoisotopic (exact) mass is 257 g/mol. The molecule has 1 aromatic heterocycles. The van der Waals surface area contributed by atoms with E-state index in [0.717, 1.165) is 13.0 Å². The van der Waals surface area contributed by atoms with Gasteiger partial charge in [0.25, 0.3) is 0 Å². The minimum atomic E-state index is 0.576. The molecule has 0 bridgehead atoms. The molecule has 0 fully saturated rings. The highest BCUT2D eigenvalue weighted by Gasteiger charge is 2.08. The third kappa shape index (κ3) is 5.22. The number of nitrogens with one attached hydrogen (secondary N) is 1. The molecule has 0 aromatic carbocycles. The summed E-state index contributed by atoms with van der Waals surface area (Å²) < 4.78 is 5.04. The van der Waals surface area contributed by atoms with Crippen LogP contribution < -0.4 is 10.1 Å². The van der Waals surface area contributed by atoms with Gasteiger partial charge >= 0.3 is 0 Å². The third-order valence-electron chi connectivity index (χ3n) is 2.60. The van der Waals surface area contributed by atoms with E-state index >= 15 is 0 Å². The minimum absolute atomic E-state index is 0.576. The molecule has 1 atom stereocenters. The Kier molecular flexibility index (Phi) is 6.70. The van der Waals surface area contributed by atoms with Crippen LogP contribution in [-0.4, -0.2) is 29.5 Å². The largest absolute Gasteiger partial charge is 0.481 e. The molecule has 1 heterocycles. The Labute approximate surface area is 108 Å². The second kappa shape index (κ2) is 8.12. The van der Waals surface area contributed by atoms with Gasteiger partial charge in [-0.3, -0.25) is 0 Å². The molecule has 0 aliphatic carbocycles. The van der Waals surface area contributed by atoms with E-state index in [1.54, 1.807) is 19.4 Å². The summed E-state index contributed by atoms with van der Waals surface area (Å²) in [5, 5.41) is 3.23. The number of ether oxygens (including phenoxy) is 1. The van der Waals surface area contributed by atoms with Crippen molar-refractivity contribution in [3.63, 3.8) is 0 Å². The van der Waals surface area contributed by atoms with Crippen molar-refractivity contribution < 1.29 is 4.74 Å². The Bertz CT molecular complexity index is 316. The number of alkyl halides is 1. The first-order valence-corrected chi connectivity index (χ1v) is 6.50. The van der Waals surface area contributed by atoms with Crippen LogP contribution >= 0.6 is 11.6 Å². The van der Waals surface area contributed by atoms with Gasteiger partial charge in [-0.15, -0.1) is 11.6 Å². The summed E-state index contributed by atoms with van der Waals surface area (Å²) >= 11 is 5.78. The Balaban J connectivity index is 2.46. The van der Waals surface area contributed by atoms with E-state index in [9.17, 15) is 0 Å². The van der Waals surface area contributed by atoms with Crippen molar-refractivity contribution >= 4 is 17.5 Å². The topological polar surface area (TPSA) is 47.0 Å². The molecule has 0 spiro atoms. The van der Waals surface area contributed by atoms with Gasteiger partial charge in [-0.1, -0.05) is 13.3 Å². The molecule has 1 aromatic rings. The molecular formula is C12H20ClN3O. The van der Waals surface area contributed by atoms with Crippen LogP contribution in [0.4, 0.5) is 5.95 Å². The maximum Gasteiger partial charge on any atom is 0.225 e. The van der Waals surface area contributed by atoms with Crippen molar-refractivity contribution in [2.75, 3.05) is 24.9 Å². The average molecular weight is 258 g/mol. The number of anilines is 1. The number of hydrogen-bond donors (Lipinski definition) is 1. The fourth-order valence-corrected chi connectivity index (χ4v) is 2.00. The molecule has 1 N–H and O–H groups in total. The predicted octanol–water partition coefficient (Wildman–Crippen LogP) is 2.94.